The number of benzene rings is 1. The van der Waals surface area contributed by atoms with E-state index in [1.165, 1.54) is 6.26 Å². The SMILES string of the molecule is CCC(N)(CC)CNC(=O)c1ccc(CS(C)(=O)=O)cc1.Cl. The minimum Gasteiger partial charge on any atom is -0.350 e. The second kappa shape index (κ2) is 8.50. The van der Waals surface area contributed by atoms with Crippen molar-refractivity contribution in [3.8, 4) is 0 Å². The van der Waals surface area contributed by atoms with Gasteiger partial charge in [0.25, 0.3) is 5.91 Å². The molecule has 0 aliphatic carbocycles. The van der Waals surface area contributed by atoms with Gasteiger partial charge in [0.05, 0.1) is 5.75 Å². The summed E-state index contributed by atoms with van der Waals surface area (Å²) in [4.78, 5) is 12.0. The van der Waals surface area contributed by atoms with Crippen molar-refractivity contribution in [1.82, 2.24) is 5.32 Å². The van der Waals surface area contributed by atoms with Crippen LogP contribution in [-0.4, -0.2) is 32.7 Å². The molecule has 0 heterocycles. The molecule has 0 spiro atoms. The number of hydrogen-bond acceptors (Lipinski definition) is 4. The highest BCUT2D eigenvalue weighted by Crippen LogP contribution is 2.11. The molecule has 1 rings (SSSR count). The summed E-state index contributed by atoms with van der Waals surface area (Å²) in [6.07, 6.45) is 2.76. The average Bonchev–Trinajstić information content (AvgIpc) is 2.43. The van der Waals surface area contributed by atoms with Crippen LogP contribution < -0.4 is 11.1 Å². The maximum Gasteiger partial charge on any atom is 0.251 e. The van der Waals surface area contributed by atoms with Crippen LogP contribution in [0, 0.1) is 0 Å². The Kier molecular flexibility index (Phi) is 8.07. The minimum absolute atomic E-state index is 0. The Labute approximate surface area is 139 Å². The molecule has 5 nitrogen and oxygen atoms in total. The Morgan fingerprint density at radius 1 is 1.18 bits per heavy atom. The van der Waals surface area contributed by atoms with Crippen molar-refractivity contribution in [3.63, 3.8) is 0 Å². The Hall–Kier alpha value is -1.11. The molecule has 0 aliphatic rings. The van der Waals surface area contributed by atoms with Crippen LogP contribution in [0.25, 0.3) is 0 Å². The maximum absolute atomic E-state index is 12.0. The Morgan fingerprint density at radius 3 is 2.09 bits per heavy atom. The Morgan fingerprint density at radius 2 is 1.68 bits per heavy atom. The zero-order valence-electron chi connectivity index (χ0n) is 13.3. The predicted octanol–water partition coefficient (Wildman–Crippen LogP) is 1.90. The minimum atomic E-state index is -3.06. The first-order chi connectivity index (χ1) is 9.69. The number of nitrogens with two attached hydrogens (primary N) is 1. The van der Waals surface area contributed by atoms with Crippen LogP contribution in [0.2, 0.25) is 0 Å². The molecule has 0 aromatic heterocycles. The largest absolute Gasteiger partial charge is 0.350 e. The zero-order chi connectivity index (χ0) is 16.1. The van der Waals surface area contributed by atoms with Gasteiger partial charge < -0.3 is 11.1 Å². The van der Waals surface area contributed by atoms with Crippen LogP contribution in [-0.2, 0) is 15.6 Å². The normalized spacial score (nSPS) is 11.6. The number of sulfone groups is 1. The number of halogens is 1. The fourth-order valence-electron chi connectivity index (χ4n) is 1.91. The number of carbonyl (C=O) groups is 1. The van der Waals surface area contributed by atoms with E-state index >= 15 is 0 Å². The van der Waals surface area contributed by atoms with Crippen molar-refractivity contribution in [3.05, 3.63) is 35.4 Å². The van der Waals surface area contributed by atoms with Crippen molar-refractivity contribution in [1.29, 1.82) is 0 Å². The molecule has 0 bridgehead atoms. The summed E-state index contributed by atoms with van der Waals surface area (Å²) in [5.74, 6) is -0.218. The standard InChI is InChI=1S/C15H24N2O3S.ClH/c1-4-15(16,5-2)11-17-14(18)13-8-6-12(7-9-13)10-21(3,19)20;/h6-9H,4-5,10-11,16H2,1-3H3,(H,17,18);1H. The van der Waals surface area contributed by atoms with Gasteiger partial charge in [-0.25, -0.2) is 8.42 Å². The lowest BCUT2D eigenvalue weighted by Crippen LogP contribution is -2.49. The average molecular weight is 349 g/mol. The summed E-state index contributed by atoms with van der Waals surface area (Å²) in [6.45, 7) is 4.41. The van der Waals surface area contributed by atoms with Gasteiger partial charge in [0.15, 0.2) is 9.84 Å². The lowest BCUT2D eigenvalue weighted by Gasteiger charge is -2.26. The third-order valence-corrected chi connectivity index (χ3v) is 4.51. The van der Waals surface area contributed by atoms with Crippen LogP contribution >= 0.6 is 12.4 Å². The van der Waals surface area contributed by atoms with E-state index in [0.29, 0.717) is 17.7 Å². The van der Waals surface area contributed by atoms with E-state index in [1.54, 1.807) is 24.3 Å². The molecule has 126 valence electrons. The molecule has 0 fully saturated rings. The molecular weight excluding hydrogens is 324 g/mol. The summed E-state index contributed by atoms with van der Waals surface area (Å²) in [7, 11) is -3.06. The molecule has 0 aliphatic heterocycles. The second-order valence-electron chi connectivity index (χ2n) is 5.52. The van der Waals surface area contributed by atoms with E-state index in [9.17, 15) is 13.2 Å². The van der Waals surface area contributed by atoms with Gasteiger partial charge >= 0.3 is 0 Å². The second-order valence-corrected chi connectivity index (χ2v) is 7.66. The van der Waals surface area contributed by atoms with E-state index in [1.807, 2.05) is 13.8 Å². The summed E-state index contributed by atoms with van der Waals surface area (Å²) in [6, 6.07) is 6.58. The number of carbonyl (C=O) groups excluding carboxylic acids is 1. The van der Waals surface area contributed by atoms with Gasteiger partial charge in [-0.3, -0.25) is 4.79 Å². The monoisotopic (exact) mass is 348 g/mol. The first-order valence-corrected chi connectivity index (χ1v) is 9.09. The molecule has 7 heteroatoms. The van der Waals surface area contributed by atoms with Crippen LogP contribution in [0.15, 0.2) is 24.3 Å². The molecule has 1 aromatic rings. The highest BCUT2D eigenvalue weighted by atomic mass is 35.5. The molecular formula is C15H25ClN2O3S. The summed E-state index contributed by atoms with van der Waals surface area (Å²) >= 11 is 0. The van der Waals surface area contributed by atoms with Gasteiger partial charge in [-0.15, -0.1) is 12.4 Å². The molecule has 3 N–H and O–H groups in total. The lowest BCUT2D eigenvalue weighted by atomic mass is 9.94. The van der Waals surface area contributed by atoms with Gasteiger partial charge in [-0.05, 0) is 30.5 Å². The van der Waals surface area contributed by atoms with Gasteiger partial charge in [0, 0.05) is 23.9 Å². The van der Waals surface area contributed by atoms with Crippen molar-refractivity contribution in [2.75, 3.05) is 12.8 Å². The van der Waals surface area contributed by atoms with Gasteiger partial charge in [-0.2, -0.15) is 0 Å². The first kappa shape index (κ1) is 20.9. The first-order valence-electron chi connectivity index (χ1n) is 7.03. The third-order valence-electron chi connectivity index (χ3n) is 3.65. The number of amides is 1. The number of nitrogens with one attached hydrogen (secondary N) is 1. The predicted molar refractivity (Wildman–Crippen MR) is 92.1 cm³/mol. The van der Waals surface area contributed by atoms with Crippen LogP contribution in [0.3, 0.4) is 0 Å². The molecule has 0 saturated carbocycles. The third kappa shape index (κ3) is 6.77. The number of hydrogen-bond donors (Lipinski definition) is 2. The lowest BCUT2D eigenvalue weighted by molar-refractivity contribution is 0.0942. The van der Waals surface area contributed by atoms with Crippen LogP contribution in [0.1, 0.15) is 42.6 Å². The zero-order valence-corrected chi connectivity index (χ0v) is 14.9. The quantitative estimate of drug-likeness (QED) is 0.787. The summed E-state index contributed by atoms with van der Waals surface area (Å²) in [5, 5.41) is 2.83. The van der Waals surface area contributed by atoms with Crippen molar-refractivity contribution in [2.24, 2.45) is 5.73 Å². The van der Waals surface area contributed by atoms with Crippen LogP contribution in [0.4, 0.5) is 0 Å². The fourth-order valence-corrected chi connectivity index (χ4v) is 2.71. The smallest absolute Gasteiger partial charge is 0.251 e. The molecule has 0 saturated heterocycles. The molecule has 22 heavy (non-hydrogen) atoms. The summed E-state index contributed by atoms with van der Waals surface area (Å²) in [5.41, 5.74) is 6.92. The van der Waals surface area contributed by atoms with E-state index in [-0.39, 0.29) is 29.6 Å². The fraction of sp³-hybridized carbons (Fsp3) is 0.533. The van der Waals surface area contributed by atoms with Crippen molar-refractivity contribution >= 4 is 28.2 Å². The topological polar surface area (TPSA) is 89.3 Å². The highest BCUT2D eigenvalue weighted by Gasteiger charge is 2.21. The molecule has 0 atom stereocenters. The maximum atomic E-state index is 12.0. The summed E-state index contributed by atoms with van der Waals surface area (Å²) < 4.78 is 22.4. The van der Waals surface area contributed by atoms with Gasteiger partial charge in [-0.1, -0.05) is 26.0 Å². The molecule has 1 amide bonds. The highest BCUT2D eigenvalue weighted by molar-refractivity contribution is 7.89. The van der Waals surface area contributed by atoms with E-state index in [0.717, 1.165) is 12.8 Å². The van der Waals surface area contributed by atoms with Crippen LogP contribution in [0.5, 0.6) is 0 Å². The van der Waals surface area contributed by atoms with E-state index in [4.69, 9.17) is 5.73 Å². The van der Waals surface area contributed by atoms with Gasteiger partial charge in [0.1, 0.15) is 0 Å². The Balaban J connectivity index is 0.00000441. The molecule has 1 aromatic carbocycles. The van der Waals surface area contributed by atoms with Crippen molar-refractivity contribution in [2.45, 2.75) is 38.0 Å². The van der Waals surface area contributed by atoms with E-state index < -0.39 is 9.84 Å². The Bertz CT molecular complexity index is 581. The van der Waals surface area contributed by atoms with E-state index in [2.05, 4.69) is 5.32 Å². The molecule has 0 radical (unpaired) electrons. The van der Waals surface area contributed by atoms with Crippen molar-refractivity contribution < 1.29 is 13.2 Å². The number of rotatable bonds is 7. The van der Waals surface area contributed by atoms with Gasteiger partial charge in [0.2, 0.25) is 0 Å². The molecule has 0 unspecified atom stereocenters.